The van der Waals surface area contributed by atoms with Crippen molar-refractivity contribution >= 4 is 44.4 Å². The normalized spacial score (nSPS) is 14.6. The summed E-state index contributed by atoms with van der Waals surface area (Å²) in [6.45, 7) is 7.10. The minimum Gasteiger partial charge on any atom is -0.341 e. The first kappa shape index (κ1) is 19.5. The number of hydrogen-bond acceptors (Lipinski definition) is 3. The van der Waals surface area contributed by atoms with Crippen LogP contribution in [-0.4, -0.2) is 20.9 Å². The van der Waals surface area contributed by atoms with E-state index in [1.807, 2.05) is 36.5 Å². The van der Waals surface area contributed by atoms with E-state index < -0.39 is 0 Å². The molecule has 0 atom stereocenters. The Morgan fingerprint density at radius 1 is 1.16 bits per heavy atom. The summed E-state index contributed by atoms with van der Waals surface area (Å²) in [7, 11) is 0. The highest BCUT2D eigenvalue weighted by Gasteiger charge is 2.43. The van der Waals surface area contributed by atoms with Gasteiger partial charge < -0.3 is 10.3 Å². The number of nitrogens with zero attached hydrogens (tertiary/aromatic N) is 3. The van der Waals surface area contributed by atoms with E-state index in [1.54, 1.807) is 24.3 Å². The number of amides is 1. The van der Waals surface area contributed by atoms with Gasteiger partial charge in [-0.15, -0.1) is 0 Å². The molecular formula is C24H18BrN5O. The first-order valence-electron chi connectivity index (χ1n) is 9.99. The van der Waals surface area contributed by atoms with Gasteiger partial charge in [-0.25, -0.2) is 14.8 Å². The molecule has 0 saturated heterocycles. The van der Waals surface area contributed by atoms with Crippen LogP contribution in [0.25, 0.3) is 15.9 Å². The lowest BCUT2D eigenvalue weighted by molar-refractivity contribution is 0.102. The zero-order valence-corrected chi connectivity index (χ0v) is 18.1. The Kier molecular flexibility index (Phi) is 4.79. The lowest BCUT2D eigenvalue weighted by Gasteiger charge is -2.40. The highest BCUT2D eigenvalue weighted by Crippen LogP contribution is 2.48. The third-order valence-electron chi connectivity index (χ3n) is 5.92. The predicted molar refractivity (Wildman–Crippen MR) is 123 cm³/mol. The quantitative estimate of drug-likeness (QED) is 0.358. The number of H-pyrrole nitrogens is 1. The molecule has 1 aliphatic carbocycles. The van der Waals surface area contributed by atoms with Gasteiger partial charge in [0.15, 0.2) is 5.69 Å². The third kappa shape index (κ3) is 3.39. The molecule has 2 N–H and O–H groups in total. The molecule has 0 unspecified atom stereocenters. The van der Waals surface area contributed by atoms with Crippen molar-refractivity contribution in [3.05, 3.63) is 93.6 Å². The Hall–Kier alpha value is -3.50. The van der Waals surface area contributed by atoms with Crippen molar-refractivity contribution in [3.63, 3.8) is 0 Å². The number of anilines is 1. The van der Waals surface area contributed by atoms with Crippen molar-refractivity contribution in [2.75, 3.05) is 5.32 Å². The van der Waals surface area contributed by atoms with Crippen molar-refractivity contribution in [1.82, 2.24) is 15.0 Å². The van der Waals surface area contributed by atoms with Gasteiger partial charge in [0.2, 0.25) is 0 Å². The van der Waals surface area contributed by atoms with E-state index in [9.17, 15) is 4.79 Å². The molecule has 1 aliphatic rings. The summed E-state index contributed by atoms with van der Waals surface area (Å²) in [5, 5.41) is 2.81. The molecule has 2 heterocycles. The van der Waals surface area contributed by atoms with Gasteiger partial charge in [0.05, 0.1) is 17.5 Å². The largest absolute Gasteiger partial charge is 0.341 e. The predicted octanol–water partition coefficient (Wildman–Crippen LogP) is 5.99. The summed E-state index contributed by atoms with van der Waals surface area (Å²) in [4.78, 5) is 28.7. The minimum absolute atomic E-state index is 0.183. The van der Waals surface area contributed by atoms with E-state index in [-0.39, 0.29) is 11.3 Å². The molecule has 1 saturated carbocycles. The third-order valence-corrected chi connectivity index (χ3v) is 6.56. The van der Waals surface area contributed by atoms with E-state index in [1.165, 1.54) is 0 Å². The highest BCUT2D eigenvalue weighted by molar-refractivity contribution is 9.10. The molecule has 0 spiro atoms. The zero-order chi connectivity index (χ0) is 21.4. The number of rotatable bonds is 4. The van der Waals surface area contributed by atoms with Gasteiger partial charge in [-0.1, -0.05) is 36.8 Å². The smallest absolute Gasteiger partial charge is 0.255 e. The molecule has 0 aliphatic heterocycles. The van der Waals surface area contributed by atoms with Crippen LogP contribution in [0.3, 0.4) is 0 Å². The fraction of sp³-hybridized carbons (Fsp3) is 0.167. The standard InChI is InChI=1S/C24H18BrN5O/c1-26-17-6-2-5-15(13-17)22(31)29-20-10-9-16(14-27-20)24(11-4-12-24)23-28-19-8-3-7-18(25)21(19)30-23/h2-3,5-10,13-14H,4,11-12H2,(H,28,30)(H,27,29,31). The molecule has 2 aromatic heterocycles. The van der Waals surface area contributed by atoms with Crippen LogP contribution in [0.1, 0.15) is 41.0 Å². The molecule has 4 aromatic rings. The SMILES string of the molecule is [C-]#[N+]c1cccc(C(=O)Nc2ccc(C3(c4nc5c(Br)cccc5[nH]4)CCC3)cn2)c1. The van der Waals surface area contributed by atoms with Crippen LogP contribution in [0.4, 0.5) is 11.5 Å². The molecule has 1 amide bonds. The van der Waals surface area contributed by atoms with E-state index >= 15 is 0 Å². The van der Waals surface area contributed by atoms with Gasteiger partial charge in [0.25, 0.3) is 5.91 Å². The minimum atomic E-state index is -0.286. The second-order valence-corrected chi connectivity index (χ2v) is 8.56. The Morgan fingerprint density at radius 2 is 2.00 bits per heavy atom. The number of carbonyl (C=O) groups excluding carboxylic acids is 1. The van der Waals surface area contributed by atoms with E-state index in [4.69, 9.17) is 11.6 Å². The Labute approximate surface area is 187 Å². The van der Waals surface area contributed by atoms with Gasteiger partial charge in [-0.05, 0) is 58.6 Å². The number of benzene rings is 2. The number of imidazole rings is 1. The molecular weight excluding hydrogens is 454 g/mol. The summed E-state index contributed by atoms with van der Waals surface area (Å²) in [5.41, 5.74) is 3.71. The van der Waals surface area contributed by atoms with Crippen LogP contribution in [-0.2, 0) is 5.41 Å². The van der Waals surface area contributed by atoms with Gasteiger partial charge in [0.1, 0.15) is 17.2 Å². The second kappa shape index (κ2) is 7.64. The maximum absolute atomic E-state index is 12.5. The fourth-order valence-electron chi connectivity index (χ4n) is 4.07. The first-order chi connectivity index (χ1) is 15.1. The second-order valence-electron chi connectivity index (χ2n) is 7.71. The fourth-order valence-corrected chi connectivity index (χ4v) is 4.53. The zero-order valence-electron chi connectivity index (χ0n) is 16.5. The van der Waals surface area contributed by atoms with E-state index in [0.29, 0.717) is 17.1 Å². The van der Waals surface area contributed by atoms with Gasteiger partial charge in [-0.2, -0.15) is 0 Å². The number of para-hydroxylation sites is 1. The number of aromatic nitrogens is 3. The van der Waals surface area contributed by atoms with Crippen molar-refractivity contribution < 1.29 is 4.79 Å². The Morgan fingerprint density at radius 3 is 2.68 bits per heavy atom. The van der Waals surface area contributed by atoms with E-state index in [0.717, 1.165) is 46.2 Å². The number of hydrogen-bond donors (Lipinski definition) is 2. The lowest BCUT2D eigenvalue weighted by atomic mass is 9.64. The van der Waals surface area contributed by atoms with Gasteiger partial charge in [0, 0.05) is 16.2 Å². The van der Waals surface area contributed by atoms with Crippen LogP contribution in [0.2, 0.25) is 0 Å². The van der Waals surface area contributed by atoms with Crippen LogP contribution in [0, 0.1) is 6.57 Å². The van der Waals surface area contributed by atoms with Gasteiger partial charge in [-0.3, -0.25) is 4.79 Å². The van der Waals surface area contributed by atoms with Gasteiger partial charge >= 0.3 is 0 Å². The summed E-state index contributed by atoms with van der Waals surface area (Å²) in [5.74, 6) is 1.14. The Bertz CT molecular complexity index is 1330. The number of fused-ring (bicyclic) bond motifs is 1. The van der Waals surface area contributed by atoms with Crippen LogP contribution in [0.15, 0.2) is 65.3 Å². The molecule has 0 radical (unpaired) electrons. The topological polar surface area (TPSA) is 75.0 Å². The molecule has 5 rings (SSSR count). The molecule has 1 fully saturated rings. The van der Waals surface area contributed by atoms with Crippen LogP contribution < -0.4 is 5.32 Å². The van der Waals surface area contributed by atoms with Crippen molar-refractivity contribution in [1.29, 1.82) is 0 Å². The number of aromatic amines is 1. The highest BCUT2D eigenvalue weighted by atomic mass is 79.9. The van der Waals surface area contributed by atoms with Crippen molar-refractivity contribution in [3.8, 4) is 0 Å². The molecule has 2 aromatic carbocycles. The van der Waals surface area contributed by atoms with Crippen LogP contribution in [0.5, 0.6) is 0 Å². The van der Waals surface area contributed by atoms with Crippen LogP contribution >= 0.6 is 15.9 Å². The summed E-state index contributed by atoms with van der Waals surface area (Å²) < 4.78 is 0.973. The first-order valence-corrected chi connectivity index (χ1v) is 10.8. The maximum Gasteiger partial charge on any atom is 0.255 e. The molecule has 7 heteroatoms. The summed E-state index contributed by atoms with van der Waals surface area (Å²) in [6.07, 6.45) is 4.96. The Balaban J connectivity index is 1.41. The number of carbonyl (C=O) groups is 1. The molecule has 152 valence electrons. The number of pyridine rings is 1. The van der Waals surface area contributed by atoms with Crippen molar-refractivity contribution in [2.45, 2.75) is 24.7 Å². The van der Waals surface area contributed by atoms with E-state index in [2.05, 4.69) is 36.1 Å². The maximum atomic E-state index is 12.5. The monoisotopic (exact) mass is 471 g/mol. The lowest BCUT2D eigenvalue weighted by Crippen LogP contribution is -2.36. The average Bonchev–Trinajstić information content (AvgIpc) is 3.20. The average molecular weight is 472 g/mol. The molecule has 31 heavy (non-hydrogen) atoms. The number of halogens is 1. The molecule has 0 bridgehead atoms. The molecule has 6 nitrogen and oxygen atoms in total. The van der Waals surface area contributed by atoms with Crippen molar-refractivity contribution in [2.24, 2.45) is 0 Å². The summed E-state index contributed by atoms with van der Waals surface area (Å²) in [6, 6.07) is 16.5. The number of nitrogens with one attached hydrogen (secondary N) is 2. The summed E-state index contributed by atoms with van der Waals surface area (Å²) >= 11 is 3.58.